The average Bonchev–Trinajstić information content (AvgIpc) is 3.29. The number of ether oxygens (including phenoxy) is 10. The van der Waals surface area contributed by atoms with Gasteiger partial charge in [-0.25, -0.2) is 18.0 Å². The van der Waals surface area contributed by atoms with Gasteiger partial charge in [-0.3, -0.25) is 4.18 Å². The van der Waals surface area contributed by atoms with Gasteiger partial charge in [0.1, 0.15) is 65.8 Å². The summed E-state index contributed by atoms with van der Waals surface area (Å²) in [6.07, 6.45) is 18.2. The van der Waals surface area contributed by atoms with Crippen LogP contribution in [-0.4, -0.2) is 132 Å². The topological polar surface area (TPSA) is 274 Å². The van der Waals surface area contributed by atoms with E-state index in [9.17, 15) is 22.6 Å². The van der Waals surface area contributed by atoms with Crippen molar-refractivity contribution in [2.45, 2.75) is 33.6 Å². The fourth-order valence-electron chi connectivity index (χ4n) is 8.19. The summed E-state index contributed by atoms with van der Waals surface area (Å²) in [6, 6.07) is 60.1. The Morgan fingerprint density at radius 2 is 0.677 bits per heavy atom. The number of carbonyl (C=O) groups is 2. The van der Waals surface area contributed by atoms with Gasteiger partial charge in [-0.2, -0.15) is 0 Å². The summed E-state index contributed by atoms with van der Waals surface area (Å²) < 4.78 is 86.9. The number of aliphatic hydroxyl groups is 3. The normalized spacial score (nSPS) is 10.9. The summed E-state index contributed by atoms with van der Waals surface area (Å²) in [6.45, 7) is 7.29. The molecular weight excluding hydrogens is 1300 g/mol. The smallest absolute Gasteiger partial charge is 0.726 e. The van der Waals surface area contributed by atoms with E-state index in [2.05, 4.69) is 42.3 Å². The molecule has 0 radical (unpaired) electrons. The Bertz CT molecular complexity index is 3730. The number of methoxy groups -OCH3 is 1. The van der Waals surface area contributed by atoms with E-state index in [0.717, 1.165) is 75.0 Å². The summed E-state index contributed by atoms with van der Waals surface area (Å²) in [4.78, 5) is 21.6. The van der Waals surface area contributed by atoms with E-state index in [1.165, 1.54) is 6.42 Å². The van der Waals surface area contributed by atoms with E-state index in [0.29, 0.717) is 54.3 Å². The first-order chi connectivity index (χ1) is 47.5. The molecule has 0 heterocycles. The molecule has 0 spiro atoms. The molecular formula is C77H85NaO20S. The first-order valence-electron chi connectivity index (χ1n) is 31.4. The maximum atomic E-state index is 11.2. The zero-order valence-corrected chi connectivity index (χ0v) is 59.1. The van der Waals surface area contributed by atoms with Crippen LogP contribution in [0.15, 0.2) is 194 Å². The zero-order chi connectivity index (χ0) is 70.4. The Morgan fingerprint density at radius 1 is 0.404 bits per heavy atom. The van der Waals surface area contributed by atoms with Crippen LogP contribution in [0.3, 0.4) is 0 Å². The first kappa shape index (κ1) is 82.2. The minimum absolute atomic E-state index is 0. The van der Waals surface area contributed by atoms with Crippen LogP contribution >= 0.6 is 0 Å². The molecule has 0 aliphatic carbocycles. The van der Waals surface area contributed by atoms with Gasteiger partial charge in [-0.15, -0.1) is 0 Å². The van der Waals surface area contributed by atoms with Gasteiger partial charge in [0.2, 0.25) is 10.4 Å². The summed E-state index contributed by atoms with van der Waals surface area (Å²) in [5.41, 5.74) is 8.24. The van der Waals surface area contributed by atoms with E-state index in [-0.39, 0.29) is 88.8 Å². The molecule has 0 atom stereocenters. The molecule has 8 aromatic carbocycles. The first-order valence-corrected chi connectivity index (χ1v) is 32.7. The Balaban J connectivity index is 0.000000280. The molecule has 0 aliphatic heterocycles. The van der Waals surface area contributed by atoms with Crippen molar-refractivity contribution in [3.8, 4) is 46.0 Å². The Kier molecular flexibility index (Phi) is 40.2. The molecule has 0 saturated heterocycles. The zero-order valence-electron chi connectivity index (χ0n) is 56.3. The second kappa shape index (κ2) is 48.5. The maximum absolute atomic E-state index is 11.2. The molecule has 8 rings (SSSR count). The minimum Gasteiger partial charge on any atom is -0.726 e. The predicted octanol–water partition coefficient (Wildman–Crippen LogP) is 10.6. The van der Waals surface area contributed by atoms with Gasteiger partial charge in [0.05, 0.1) is 33.0 Å². The third-order valence-electron chi connectivity index (χ3n) is 13.1. The molecule has 0 saturated carbocycles. The van der Waals surface area contributed by atoms with Crippen molar-refractivity contribution in [3.05, 3.63) is 239 Å². The van der Waals surface area contributed by atoms with E-state index >= 15 is 0 Å². The molecule has 22 heteroatoms. The van der Waals surface area contributed by atoms with Gasteiger partial charge >= 0.3 is 41.5 Å². The molecule has 0 aliphatic rings. The molecule has 0 fully saturated rings. The summed E-state index contributed by atoms with van der Waals surface area (Å²) in [7, 11) is -3.02. The van der Waals surface area contributed by atoms with Gasteiger partial charge in [0, 0.05) is 7.11 Å². The van der Waals surface area contributed by atoms with Crippen LogP contribution in [0, 0.1) is 5.92 Å². The van der Waals surface area contributed by atoms with E-state index < -0.39 is 16.4 Å². The van der Waals surface area contributed by atoms with Crippen LogP contribution in [0.25, 0.3) is 48.6 Å². The third kappa shape index (κ3) is 37.3. The minimum atomic E-state index is -4.68. The molecule has 0 unspecified atom stereocenters. The number of esters is 1. The number of hydrogen-bond acceptors (Lipinski definition) is 19. The monoisotopic (exact) mass is 1380 g/mol. The summed E-state index contributed by atoms with van der Waals surface area (Å²) in [5.74, 6) is 4.76. The van der Waals surface area contributed by atoms with Gasteiger partial charge in [-0.05, 0) is 167 Å². The standard InChI is InChI=1S/C23H30O3.C19H20O5.C18H20O7S.C17H16O5.Na/c1-19(2)5-4-16-25-22-12-8-20(9-13-22)6-7-21-10-14-23(15-11-21)26-18-17-24-3;1-2-22-19(21)13-23-17-9-5-15(6-10-17)3-4-16-7-11-18(12-8-16)24-14-20;19-11-12-23-17-7-3-15(4-8-17)1-2-16-5-9-18(10-6-16)24-13-14-25-26(20,21)22;18-12-22-16-9-5-14(6-10-16)2-1-13-3-7-15(8-4-13)21-11-17(19)20;/h6-15,19H,4-5,16-18H2,1-3H3;3-12,20H,2,13-14H2,1H3;1-10,19H,11-14H2,(H,20,21,22);1-10,18H,11-12H2,(H,19,20);/q;;;;+1/p-1/b7-6+;4-3+;2*2-1+;. The Morgan fingerprint density at radius 3 is 0.939 bits per heavy atom. The molecule has 99 heavy (non-hydrogen) atoms. The molecule has 8 aromatic rings. The number of aliphatic carboxylic acids is 1. The number of aliphatic hydroxyl groups excluding tert-OH is 3. The van der Waals surface area contributed by atoms with Crippen molar-refractivity contribution < 1.29 is 124 Å². The molecule has 20 nitrogen and oxygen atoms in total. The van der Waals surface area contributed by atoms with Crippen molar-refractivity contribution in [2.75, 3.05) is 86.8 Å². The van der Waals surface area contributed by atoms with E-state index in [4.69, 9.17) is 67.8 Å². The van der Waals surface area contributed by atoms with Crippen molar-refractivity contribution in [1.29, 1.82) is 0 Å². The van der Waals surface area contributed by atoms with Crippen molar-refractivity contribution in [3.63, 3.8) is 0 Å². The second-order valence-corrected chi connectivity index (χ2v) is 22.1. The number of carbonyl (C=O) groups excluding carboxylic acids is 1. The van der Waals surface area contributed by atoms with Gasteiger partial charge in [-0.1, -0.05) is 160 Å². The predicted molar refractivity (Wildman–Crippen MR) is 379 cm³/mol. The number of hydrogen-bond donors (Lipinski definition) is 4. The fourth-order valence-corrected chi connectivity index (χ4v) is 8.47. The SMILES string of the molecule is CCOC(=O)COc1ccc(/C=C/c2ccc(OCO)cc2)cc1.COCCOc1ccc(/C=C/c2ccc(OCCCC(C)C)cc2)cc1.O=C(O)COc1ccc(/C=C/c2ccc(OCO)cc2)cc1.O=S(=O)([O-])OCCOc1ccc(/C=C/c2ccc(OCCO)cc2)cc1.[Na+]. The van der Waals surface area contributed by atoms with Crippen molar-refractivity contribution >= 4 is 70.9 Å². The Labute approximate surface area is 602 Å². The maximum Gasteiger partial charge on any atom is 1.00 e. The number of carboxylic acid groups (broad SMARTS) is 1. The summed E-state index contributed by atoms with van der Waals surface area (Å²) in [5, 5.41) is 34.6. The summed E-state index contributed by atoms with van der Waals surface area (Å²) >= 11 is 0. The van der Waals surface area contributed by atoms with Gasteiger partial charge in [0.25, 0.3) is 0 Å². The van der Waals surface area contributed by atoms with Gasteiger partial charge < -0.3 is 72.3 Å². The fraction of sp³-hybridized carbons (Fsp3) is 0.247. The number of carboxylic acids is 1. The molecule has 0 amide bonds. The van der Waals surface area contributed by atoms with Crippen molar-refractivity contribution in [1.82, 2.24) is 0 Å². The van der Waals surface area contributed by atoms with E-state index in [1.54, 1.807) is 74.7 Å². The van der Waals surface area contributed by atoms with Crippen LogP contribution < -0.4 is 67.5 Å². The van der Waals surface area contributed by atoms with Crippen LogP contribution in [0.4, 0.5) is 0 Å². The second-order valence-electron chi connectivity index (χ2n) is 21.1. The van der Waals surface area contributed by atoms with E-state index in [1.807, 2.05) is 158 Å². The third-order valence-corrected chi connectivity index (χ3v) is 13.5. The average molecular weight is 1390 g/mol. The molecule has 0 aromatic heterocycles. The van der Waals surface area contributed by atoms with Crippen LogP contribution in [0.2, 0.25) is 0 Å². The number of rotatable bonds is 36. The van der Waals surface area contributed by atoms with Crippen LogP contribution in [0.1, 0.15) is 78.1 Å². The molecule has 0 bridgehead atoms. The largest absolute Gasteiger partial charge is 1.00 e. The van der Waals surface area contributed by atoms with Gasteiger partial charge in [0.15, 0.2) is 26.8 Å². The molecule has 520 valence electrons. The van der Waals surface area contributed by atoms with Crippen LogP contribution in [0.5, 0.6) is 46.0 Å². The van der Waals surface area contributed by atoms with Crippen LogP contribution in [-0.2, 0) is 33.6 Å². The quantitative estimate of drug-likeness (QED) is 0.00540. The number of benzene rings is 8. The molecule has 4 N–H and O–H groups in total. The van der Waals surface area contributed by atoms with Crippen molar-refractivity contribution in [2.24, 2.45) is 5.92 Å². The Hall–Kier alpha value is -9.23.